The largest absolute Gasteiger partial charge is 0.349 e. The summed E-state index contributed by atoms with van der Waals surface area (Å²) >= 11 is 0. The van der Waals surface area contributed by atoms with E-state index in [2.05, 4.69) is 9.88 Å². The number of benzene rings is 3. The summed E-state index contributed by atoms with van der Waals surface area (Å²) in [6.45, 7) is 0. The van der Waals surface area contributed by atoms with Crippen LogP contribution in [0.2, 0.25) is 0 Å². The summed E-state index contributed by atoms with van der Waals surface area (Å²) in [5.41, 5.74) is 3.42. The van der Waals surface area contributed by atoms with Gasteiger partial charge in [0.15, 0.2) is 0 Å². The monoisotopic (exact) mass is 361 g/mol. The van der Waals surface area contributed by atoms with Crippen molar-refractivity contribution < 1.29 is 8.78 Å². The first-order valence-corrected chi connectivity index (χ1v) is 8.94. The van der Waals surface area contributed by atoms with Gasteiger partial charge in [-0.3, -0.25) is 0 Å². The van der Waals surface area contributed by atoms with Crippen LogP contribution in [-0.2, 0) is 0 Å². The van der Waals surface area contributed by atoms with E-state index < -0.39 is 0 Å². The molecule has 0 radical (unpaired) electrons. The molecule has 0 fully saturated rings. The number of imidazole rings is 1. The number of hydrogen-bond acceptors (Lipinski definition) is 2. The van der Waals surface area contributed by atoms with Crippen LogP contribution in [0.1, 0.15) is 29.6 Å². The molecule has 3 aromatic carbocycles. The van der Waals surface area contributed by atoms with Gasteiger partial charge in [-0.15, -0.1) is 0 Å². The standard InChI is InChI=1S/C22H17F2N3/c23-15-11-9-14(10-12-15)19-13-21(16-5-1-2-6-17(16)24)27-20-8-4-3-7-18(20)25-22(27)26-19/h1-12,19,21H,13H2,(H,25,26). The van der Waals surface area contributed by atoms with Gasteiger partial charge in [0.25, 0.3) is 0 Å². The SMILES string of the molecule is Fc1ccc(C2CC(c3ccccc3F)n3c(nc4ccccc43)N2)cc1. The molecule has 4 aromatic rings. The van der Waals surface area contributed by atoms with E-state index >= 15 is 0 Å². The highest BCUT2D eigenvalue weighted by molar-refractivity contribution is 5.79. The number of para-hydroxylation sites is 2. The summed E-state index contributed by atoms with van der Waals surface area (Å²) in [6.07, 6.45) is 0.639. The number of aromatic nitrogens is 2. The van der Waals surface area contributed by atoms with Gasteiger partial charge in [-0.2, -0.15) is 0 Å². The molecule has 0 saturated carbocycles. The van der Waals surface area contributed by atoms with Crippen LogP contribution in [0.15, 0.2) is 72.8 Å². The molecule has 1 N–H and O–H groups in total. The molecular weight excluding hydrogens is 344 g/mol. The van der Waals surface area contributed by atoms with Crippen molar-refractivity contribution in [2.24, 2.45) is 0 Å². The van der Waals surface area contributed by atoms with Crippen molar-refractivity contribution in [3.8, 4) is 0 Å². The Morgan fingerprint density at radius 1 is 0.889 bits per heavy atom. The van der Waals surface area contributed by atoms with E-state index in [9.17, 15) is 8.78 Å². The number of anilines is 1. The fourth-order valence-electron chi connectivity index (χ4n) is 3.93. The number of rotatable bonds is 2. The Kier molecular flexibility index (Phi) is 3.67. The van der Waals surface area contributed by atoms with E-state index in [0.29, 0.717) is 17.9 Å². The highest BCUT2D eigenvalue weighted by atomic mass is 19.1. The maximum atomic E-state index is 14.7. The maximum Gasteiger partial charge on any atom is 0.204 e. The van der Waals surface area contributed by atoms with E-state index in [1.54, 1.807) is 18.2 Å². The van der Waals surface area contributed by atoms with E-state index in [1.165, 1.54) is 18.2 Å². The lowest BCUT2D eigenvalue weighted by molar-refractivity contribution is 0.456. The quantitative estimate of drug-likeness (QED) is 0.514. The van der Waals surface area contributed by atoms with Crippen molar-refractivity contribution >= 4 is 17.0 Å². The summed E-state index contributed by atoms with van der Waals surface area (Å²) in [6, 6.07) is 20.9. The summed E-state index contributed by atoms with van der Waals surface area (Å²) in [5, 5.41) is 3.45. The molecular formula is C22H17F2N3. The van der Waals surface area contributed by atoms with Crippen molar-refractivity contribution in [1.82, 2.24) is 9.55 Å². The van der Waals surface area contributed by atoms with Crippen molar-refractivity contribution in [3.05, 3.63) is 95.6 Å². The molecule has 1 aliphatic heterocycles. The Morgan fingerprint density at radius 2 is 1.63 bits per heavy atom. The summed E-state index contributed by atoms with van der Waals surface area (Å²) in [4.78, 5) is 4.71. The molecule has 1 aromatic heterocycles. The molecule has 3 nitrogen and oxygen atoms in total. The predicted molar refractivity (Wildman–Crippen MR) is 102 cm³/mol. The average molecular weight is 361 g/mol. The minimum absolute atomic E-state index is 0.0838. The molecule has 0 amide bonds. The maximum absolute atomic E-state index is 14.7. The zero-order chi connectivity index (χ0) is 18.4. The van der Waals surface area contributed by atoms with E-state index in [4.69, 9.17) is 4.98 Å². The molecule has 0 bridgehead atoms. The number of nitrogens with one attached hydrogen (secondary N) is 1. The van der Waals surface area contributed by atoms with Gasteiger partial charge in [0, 0.05) is 5.56 Å². The molecule has 2 unspecified atom stereocenters. The van der Waals surface area contributed by atoms with Gasteiger partial charge in [-0.05, 0) is 42.3 Å². The smallest absolute Gasteiger partial charge is 0.204 e. The number of halogens is 2. The van der Waals surface area contributed by atoms with Gasteiger partial charge in [-0.25, -0.2) is 13.8 Å². The van der Waals surface area contributed by atoms with E-state index in [-0.39, 0.29) is 23.7 Å². The number of nitrogens with zero attached hydrogens (tertiary/aromatic N) is 2. The lowest BCUT2D eigenvalue weighted by atomic mass is 9.92. The normalized spacial score (nSPS) is 18.9. The summed E-state index contributed by atoms with van der Waals surface area (Å²) in [5.74, 6) is 0.198. The molecule has 5 heteroatoms. The lowest BCUT2D eigenvalue weighted by Crippen LogP contribution is -2.27. The summed E-state index contributed by atoms with van der Waals surface area (Å²) in [7, 11) is 0. The van der Waals surface area contributed by atoms with Crippen LogP contribution in [0.25, 0.3) is 11.0 Å². The zero-order valence-electron chi connectivity index (χ0n) is 14.4. The van der Waals surface area contributed by atoms with Crippen LogP contribution in [0.5, 0.6) is 0 Å². The van der Waals surface area contributed by atoms with E-state index in [1.807, 2.05) is 36.4 Å². The molecule has 5 rings (SSSR count). The van der Waals surface area contributed by atoms with Crippen molar-refractivity contribution in [3.63, 3.8) is 0 Å². The second-order valence-corrected chi connectivity index (χ2v) is 6.82. The molecule has 0 spiro atoms. The first-order chi connectivity index (χ1) is 13.2. The number of fused-ring (bicyclic) bond motifs is 3. The molecule has 0 saturated heterocycles. The molecule has 2 atom stereocenters. The third kappa shape index (κ3) is 2.67. The minimum atomic E-state index is -0.271. The fourth-order valence-corrected chi connectivity index (χ4v) is 3.93. The second kappa shape index (κ2) is 6.20. The predicted octanol–water partition coefficient (Wildman–Crippen LogP) is 5.46. The first kappa shape index (κ1) is 16.0. The fraction of sp³-hybridized carbons (Fsp3) is 0.136. The van der Waals surface area contributed by atoms with Gasteiger partial charge in [-0.1, -0.05) is 42.5 Å². The van der Waals surface area contributed by atoms with Gasteiger partial charge in [0.2, 0.25) is 5.95 Å². The highest BCUT2D eigenvalue weighted by Gasteiger charge is 2.32. The van der Waals surface area contributed by atoms with Crippen molar-refractivity contribution in [2.45, 2.75) is 18.5 Å². The Labute approximate surface area is 155 Å². The third-order valence-electron chi connectivity index (χ3n) is 5.21. The topological polar surface area (TPSA) is 29.9 Å². The molecule has 27 heavy (non-hydrogen) atoms. The van der Waals surface area contributed by atoms with Gasteiger partial charge >= 0.3 is 0 Å². The Hall–Kier alpha value is -3.21. The Bertz CT molecular complexity index is 1120. The van der Waals surface area contributed by atoms with Crippen LogP contribution in [0, 0.1) is 11.6 Å². The van der Waals surface area contributed by atoms with E-state index in [0.717, 1.165) is 16.6 Å². The van der Waals surface area contributed by atoms with Crippen LogP contribution in [0.3, 0.4) is 0 Å². The van der Waals surface area contributed by atoms with Gasteiger partial charge in [0.05, 0.1) is 23.1 Å². The zero-order valence-corrected chi connectivity index (χ0v) is 14.4. The molecule has 1 aliphatic rings. The van der Waals surface area contributed by atoms with Crippen LogP contribution < -0.4 is 5.32 Å². The highest BCUT2D eigenvalue weighted by Crippen LogP contribution is 2.41. The number of hydrogen-bond donors (Lipinski definition) is 1. The molecule has 2 heterocycles. The van der Waals surface area contributed by atoms with Gasteiger partial charge in [0.1, 0.15) is 11.6 Å². The molecule has 0 aliphatic carbocycles. The summed E-state index contributed by atoms with van der Waals surface area (Å²) < 4.78 is 30.1. The Morgan fingerprint density at radius 3 is 2.44 bits per heavy atom. The van der Waals surface area contributed by atoms with Crippen LogP contribution in [0.4, 0.5) is 14.7 Å². The first-order valence-electron chi connectivity index (χ1n) is 8.94. The van der Waals surface area contributed by atoms with Gasteiger partial charge < -0.3 is 9.88 Å². The average Bonchev–Trinajstić information content (AvgIpc) is 3.07. The van der Waals surface area contributed by atoms with Crippen molar-refractivity contribution in [1.29, 1.82) is 0 Å². The van der Waals surface area contributed by atoms with Crippen LogP contribution >= 0.6 is 0 Å². The van der Waals surface area contributed by atoms with Crippen LogP contribution in [-0.4, -0.2) is 9.55 Å². The second-order valence-electron chi connectivity index (χ2n) is 6.82. The third-order valence-corrected chi connectivity index (χ3v) is 5.21. The van der Waals surface area contributed by atoms with Crippen molar-refractivity contribution in [2.75, 3.05) is 5.32 Å². The Balaban J connectivity index is 1.68. The lowest BCUT2D eigenvalue weighted by Gasteiger charge is -2.33. The molecule has 134 valence electrons. The minimum Gasteiger partial charge on any atom is -0.349 e.